The van der Waals surface area contributed by atoms with E-state index >= 15 is 0 Å². The van der Waals surface area contributed by atoms with E-state index in [1.54, 1.807) is 45.6 Å². The molecule has 0 saturated carbocycles. The van der Waals surface area contributed by atoms with Crippen molar-refractivity contribution in [3.63, 3.8) is 0 Å². The van der Waals surface area contributed by atoms with E-state index in [1.807, 2.05) is 36.4 Å². The Bertz CT molecular complexity index is 1990. The van der Waals surface area contributed by atoms with Gasteiger partial charge >= 0.3 is 0 Å². The lowest BCUT2D eigenvalue weighted by atomic mass is 9.93. The number of nitrogens with zero attached hydrogens (tertiary/aromatic N) is 1. The summed E-state index contributed by atoms with van der Waals surface area (Å²) in [5.41, 5.74) is 6.33. The smallest absolute Gasteiger partial charge is 0.255 e. The minimum absolute atomic E-state index is 0.204. The second-order valence-corrected chi connectivity index (χ2v) is 13.4. The number of aliphatic hydroxyl groups excluding tert-OH is 4. The van der Waals surface area contributed by atoms with Gasteiger partial charge in [0.1, 0.15) is 17.7 Å². The molecule has 2 unspecified atom stereocenters. The highest BCUT2D eigenvalue weighted by Gasteiger charge is 2.29. The first-order valence-corrected chi connectivity index (χ1v) is 18.5. The second kappa shape index (κ2) is 18.9. The van der Waals surface area contributed by atoms with Gasteiger partial charge in [-0.2, -0.15) is 0 Å². The Kier molecular flexibility index (Phi) is 13.5. The fourth-order valence-corrected chi connectivity index (χ4v) is 6.89. The standard InChI is InChI=1S/C42H49N3O11/c1-51-31-9-10-34-32(19-31)42(50)44-41(43-34)25-8-11-36(30(14-25)23-48)54-12-6-4-5-7-13-55-40-38(52-2)17-27(18-39(40)53-3)37-20-35(45-56-37)26-15-28(21-46)33(24-49)29(16-26)22-47/h8-11,14-19,37,41,43,46-49H,4-7,12-13,20-24H2,1-3H3,(H,44,50). The first-order valence-electron chi connectivity index (χ1n) is 18.5. The molecule has 2 atom stereocenters. The maximum Gasteiger partial charge on any atom is 0.255 e. The molecule has 14 nitrogen and oxygen atoms in total. The van der Waals surface area contributed by atoms with Gasteiger partial charge in [-0.15, -0.1) is 0 Å². The second-order valence-electron chi connectivity index (χ2n) is 13.4. The predicted molar refractivity (Wildman–Crippen MR) is 207 cm³/mol. The molecule has 6 rings (SSSR count). The molecule has 2 heterocycles. The Labute approximate surface area is 325 Å². The first-order chi connectivity index (χ1) is 27.3. The maximum atomic E-state index is 12.8. The largest absolute Gasteiger partial charge is 0.497 e. The Morgan fingerprint density at radius 3 is 2.00 bits per heavy atom. The highest BCUT2D eigenvalue weighted by molar-refractivity contribution is 6.02. The maximum absolute atomic E-state index is 12.8. The summed E-state index contributed by atoms with van der Waals surface area (Å²) >= 11 is 0. The van der Waals surface area contributed by atoms with Crippen molar-refractivity contribution in [3.8, 4) is 28.7 Å². The molecule has 56 heavy (non-hydrogen) atoms. The topological polar surface area (TPSA) is 190 Å². The molecule has 0 saturated heterocycles. The number of hydrogen-bond acceptors (Lipinski definition) is 13. The molecule has 2 aliphatic rings. The number of aliphatic hydroxyl groups is 4. The molecular weight excluding hydrogens is 722 g/mol. The van der Waals surface area contributed by atoms with Crippen molar-refractivity contribution in [2.24, 2.45) is 5.16 Å². The highest BCUT2D eigenvalue weighted by atomic mass is 16.6. The summed E-state index contributed by atoms with van der Waals surface area (Å²) in [6.45, 7) is -0.122. The van der Waals surface area contributed by atoms with Gasteiger partial charge in [-0.05, 0) is 103 Å². The van der Waals surface area contributed by atoms with Crippen molar-refractivity contribution in [2.75, 3.05) is 39.9 Å². The van der Waals surface area contributed by atoms with Crippen LogP contribution >= 0.6 is 0 Å². The van der Waals surface area contributed by atoms with E-state index in [1.165, 1.54) is 0 Å². The van der Waals surface area contributed by atoms with Crippen LogP contribution in [0.1, 0.15) is 93.7 Å². The predicted octanol–water partition coefficient (Wildman–Crippen LogP) is 5.42. The van der Waals surface area contributed by atoms with Gasteiger partial charge in [-0.3, -0.25) is 4.79 Å². The van der Waals surface area contributed by atoms with Crippen LogP contribution in [-0.4, -0.2) is 66.6 Å². The van der Waals surface area contributed by atoms with Crippen LogP contribution in [0.2, 0.25) is 0 Å². The number of rotatable bonds is 19. The van der Waals surface area contributed by atoms with E-state index in [0.717, 1.165) is 36.8 Å². The number of carbonyl (C=O) groups is 1. The van der Waals surface area contributed by atoms with E-state index in [2.05, 4.69) is 15.8 Å². The monoisotopic (exact) mass is 771 g/mol. The number of unbranched alkanes of at least 4 members (excludes halogenated alkanes) is 3. The number of ether oxygens (including phenoxy) is 5. The Morgan fingerprint density at radius 1 is 0.696 bits per heavy atom. The molecule has 0 bridgehead atoms. The summed E-state index contributed by atoms with van der Waals surface area (Å²) in [5, 5.41) is 50.1. The third-order valence-electron chi connectivity index (χ3n) is 9.97. The van der Waals surface area contributed by atoms with E-state index in [-0.39, 0.29) is 32.3 Å². The number of amides is 1. The van der Waals surface area contributed by atoms with Crippen molar-refractivity contribution in [2.45, 2.75) is 70.8 Å². The molecule has 6 N–H and O–H groups in total. The zero-order valence-corrected chi connectivity index (χ0v) is 31.8. The third kappa shape index (κ3) is 8.95. The summed E-state index contributed by atoms with van der Waals surface area (Å²) in [4.78, 5) is 18.6. The number of anilines is 1. The fourth-order valence-electron chi connectivity index (χ4n) is 6.89. The molecule has 0 spiro atoms. The molecular formula is C42H49N3O11. The lowest BCUT2D eigenvalue weighted by Gasteiger charge is -2.29. The summed E-state index contributed by atoms with van der Waals surface area (Å²) in [5.74, 6) is 2.49. The molecule has 1 amide bonds. The van der Waals surface area contributed by atoms with Crippen LogP contribution < -0.4 is 34.3 Å². The summed E-state index contributed by atoms with van der Waals surface area (Å²) in [6.07, 6.45) is 2.97. The van der Waals surface area contributed by atoms with Crippen molar-refractivity contribution in [1.82, 2.24) is 5.32 Å². The third-order valence-corrected chi connectivity index (χ3v) is 9.97. The normalized spacial score (nSPS) is 15.9. The highest BCUT2D eigenvalue weighted by Crippen LogP contribution is 2.43. The van der Waals surface area contributed by atoms with Gasteiger partial charge in [0.25, 0.3) is 5.91 Å². The van der Waals surface area contributed by atoms with Crippen molar-refractivity contribution in [3.05, 3.63) is 105 Å². The van der Waals surface area contributed by atoms with Crippen LogP contribution in [-0.2, 0) is 31.3 Å². The number of hydrogen-bond donors (Lipinski definition) is 6. The SMILES string of the molecule is COc1ccc2c(c1)C(=O)NC(c1ccc(OCCCCCCOc3c(OC)cc(C4CC(c5cc(CO)c(CO)c(CO)c5)=NO4)cc3OC)c(CO)c1)N2. The first kappa shape index (κ1) is 40.1. The van der Waals surface area contributed by atoms with Gasteiger partial charge < -0.3 is 59.6 Å². The zero-order valence-electron chi connectivity index (χ0n) is 31.8. The van der Waals surface area contributed by atoms with Gasteiger partial charge in [-0.25, -0.2) is 0 Å². The molecule has 4 aromatic carbocycles. The van der Waals surface area contributed by atoms with Crippen LogP contribution in [0.4, 0.5) is 5.69 Å². The van der Waals surface area contributed by atoms with Crippen molar-refractivity contribution in [1.29, 1.82) is 0 Å². The number of benzene rings is 4. The fraction of sp³-hybridized carbons (Fsp3) is 0.381. The average Bonchev–Trinajstić information content (AvgIpc) is 3.74. The van der Waals surface area contributed by atoms with Crippen LogP contribution in [0.15, 0.2) is 65.8 Å². The van der Waals surface area contributed by atoms with Gasteiger partial charge in [0.05, 0.1) is 72.2 Å². The zero-order chi connectivity index (χ0) is 39.6. The van der Waals surface area contributed by atoms with Gasteiger partial charge in [0.15, 0.2) is 17.6 Å². The summed E-state index contributed by atoms with van der Waals surface area (Å²) in [7, 11) is 4.69. The van der Waals surface area contributed by atoms with E-state index in [4.69, 9.17) is 28.5 Å². The molecule has 4 aromatic rings. The average molecular weight is 772 g/mol. The van der Waals surface area contributed by atoms with Gasteiger partial charge in [0, 0.05) is 28.8 Å². The summed E-state index contributed by atoms with van der Waals surface area (Å²) < 4.78 is 28.8. The number of fused-ring (bicyclic) bond motifs is 1. The molecule has 0 fully saturated rings. The lowest BCUT2D eigenvalue weighted by Crippen LogP contribution is -2.38. The van der Waals surface area contributed by atoms with Crippen LogP contribution in [0.25, 0.3) is 0 Å². The number of oxime groups is 1. The number of nitrogens with one attached hydrogen (secondary N) is 2. The molecule has 298 valence electrons. The van der Waals surface area contributed by atoms with Gasteiger partial charge in [0.2, 0.25) is 5.75 Å². The van der Waals surface area contributed by atoms with Crippen LogP contribution in [0, 0.1) is 0 Å². The van der Waals surface area contributed by atoms with Crippen LogP contribution in [0.3, 0.4) is 0 Å². The number of methoxy groups -OCH3 is 3. The van der Waals surface area contributed by atoms with Crippen LogP contribution in [0.5, 0.6) is 28.7 Å². The van der Waals surface area contributed by atoms with Gasteiger partial charge in [-0.1, -0.05) is 11.2 Å². The minimum Gasteiger partial charge on any atom is -0.497 e. The minimum atomic E-state index is -0.459. The Hall–Kier alpha value is -5.54. The van der Waals surface area contributed by atoms with Crippen molar-refractivity contribution < 1.29 is 53.7 Å². The molecule has 2 aliphatic heterocycles. The molecule has 0 aromatic heterocycles. The molecule has 14 heteroatoms. The molecule has 0 aliphatic carbocycles. The molecule has 0 radical (unpaired) electrons. The lowest BCUT2D eigenvalue weighted by molar-refractivity contribution is 0.0852. The number of carbonyl (C=O) groups excluding carboxylic acids is 1. The van der Waals surface area contributed by atoms with Crippen molar-refractivity contribution >= 4 is 17.3 Å². The van der Waals surface area contributed by atoms with E-state index in [0.29, 0.717) is 93.2 Å². The van der Waals surface area contributed by atoms with E-state index < -0.39 is 12.3 Å². The Morgan fingerprint density at radius 2 is 1.38 bits per heavy atom. The Balaban J connectivity index is 0.965. The quantitative estimate of drug-likeness (QED) is 0.0666. The summed E-state index contributed by atoms with van der Waals surface area (Å²) in [6, 6.07) is 18.0. The van der Waals surface area contributed by atoms with E-state index in [9.17, 15) is 25.2 Å².